The molecule has 2 unspecified atom stereocenters. The molecule has 0 saturated carbocycles. The Morgan fingerprint density at radius 1 is 1.33 bits per heavy atom. The number of benzene rings is 1. The molecule has 0 radical (unpaired) electrons. The highest BCUT2D eigenvalue weighted by molar-refractivity contribution is 5.34. The number of nitrogens with one attached hydrogen (secondary N) is 1. The van der Waals surface area contributed by atoms with Gasteiger partial charge in [0, 0.05) is 18.7 Å². The van der Waals surface area contributed by atoms with Gasteiger partial charge < -0.3 is 10.1 Å². The highest BCUT2D eigenvalue weighted by Gasteiger charge is 2.20. The second-order valence-corrected chi connectivity index (χ2v) is 4.87. The minimum Gasteiger partial charge on any atom is -0.382 e. The molecule has 0 fully saturated rings. The third kappa shape index (κ3) is 3.79. The smallest absolute Gasteiger partial charge is 0.128 e. The monoisotopic (exact) mass is 253 g/mol. The third-order valence-electron chi connectivity index (χ3n) is 3.25. The zero-order chi connectivity index (χ0) is 13.7. The summed E-state index contributed by atoms with van der Waals surface area (Å²) in [6.45, 7) is 8.73. The van der Waals surface area contributed by atoms with Gasteiger partial charge in [-0.3, -0.25) is 0 Å². The maximum absolute atomic E-state index is 14.2. The van der Waals surface area contributed by atoms with E-state index >= 15 is 0 Å². The van der Waals surface area contributed by atoms with Crippen molar-refractivity contribution in [1.29, 1.82) is 0 Å². The second kappa shape index (κ2) is 6.86. The van der Waals surface area contributed by atoms with Crippen molar-refractivity contribution >= 4 is 0 Å². The highest BCUT2D eigenvalue weighted by atomic mass is 19.1. The Morgan fingerprint density at radius 2 is 2.00 bits per heavy atom. The van der Waals surface area contributed by atoms with Crippen LogP contribution in [0.5, 0.6) is 0 Å². The summed E-state index contributed by atoms with van der Waals surface area (Å²) in [4.78, 5) is 0. The van der Waals surface area contributed by atoms with E-state index in [1.54, 1.807) is 13.2 Å². The highest BCUT2D eigenvalue weighted by Crippen LogP contribution is 2.26. The fourth-order valence-electron chi connectivity index (χ4n) is 2.35. The number of ether oxygens (including phenoxy) is 1. The van der Waals surface area contributed by atoms with Crippen molar-refractivity contribution in [2.75, 3.05) is 13.7 Å². The fourth-order valence-corrected chi connectivity index (χ4v) is 2.35. The molecule has 1 aromatic carbocycles. The lowest BCUT2D eigenvalue weighted by atomic mass is 9.94. The maximum Gasteiger partial charge on any atom is 0.128 e. The van der Waals surface area contributed by atoms with Gasteiger partial charge in [-0.1, -0.05) is 13.0 Å². The summed E-state index contributed by atoms with van der Waals surface area (Å²) in [6.07, 6.45) is 0.875. The van der Waals surface area contributed by atoms with Gasteiger partial charge in [0.05, 0.1) is 6.10 Å². The first-order valence-electron chi connectivity index (χ1n) is 6.52. The predicted molar refractivity (Wildman–Crippen MR) is 73.4 cm³/mol. The van der Waals surface area contributed by atoms with Crippen LogP contribution in [0, 0.1) is 19.7 Å². The number of hydrogen-bond acceptors (Lipinski definition) is 2. The van der Waals surface area contributed by atoms with Crippen LogP contribution in [0.2, 0.25) is 0 Å². The summed E-state index contributed by atoms with van der Waals surface area (Å²) in [7, 11) is 1.69. The Labute approximate surface area is 110 Å². The van der Waals surface area contributed by atoms with Crippen LogP contribution < -0.4 is 5.32 Å². The van der Waals surface area contributed by atoms with Gasteiger partial charge in [0.2, 0.25) is 0 Å². The van der Waals surface area contributed by atoms with Crippen molar-refractivity contribution in [3.63, 3.8) is 0 Å². The molecule has 1 rings (SSSR count). The van der Waals surface area contributed by atoms with Crippen molar-refractivity contribution < 1.29 is 9.13 Å². The largest absolute Gasteiger partial charge is 0.382 e. The first-order chi connectivity index (χ1) is 8.49. The zero-order valence-electron chi connectivity index (χ0n) is 12.0. The molecule has 0 aromatic heterocycles. The maximum atomic E-state index is 14.2. The molecule has 18 heavy (non-hydrogen) atoms. The van der Waals surface area contributed by atoms with Gasteiger partial charge in [-0.15, -0.1) is 0 Å². The van der Waals surface area contributed by atoms with E-state index in [0.29, 0.717) is 0 Å². The molecule has 1 N–H and O–H groups in total. The summed E-state index contributed by atoms with van der Waals surface area (Å²) >= 11 is 0. The summed E-state index contributed by atoms with van der Waals surface area (Å²) < 4.78 is 19.4. The average Bonchev–Trinajstić information content (AvgIpc) is 2.27. The molecule has 0 heterocycles. The SMILES string of the molecule is CCNC(CC(C)OC)c1c(C)cc(C)cc1F. The van der Waals surface area contributed by atoms with Gasteiger partial charge in [-0.25, -0.2) is 4.39 Å². The van der Waals surface area contributed by atoms with Crippen LogP contribution >= 0.6 is 0 Å². The predicted octanol–water partition coefficient (Wildman–Crippen LogP) is 3.52. The van der Waals surface area contributed by atoms with Crippen molar-refractivity contribution in [1.82, 2.24) is 5.32 Å². The summed E-state index contributed by atoms with van der Waals surface area (Å²) in [5.74, 6) is -0.123. The number of halogens is 1. The van der Waals surface area contributed by atoms with Gasteiger partial charge in [0.15, 0.2) is 0 Å². The van der Waals surface area contributed by atoms with Crippen LogP contribution in [-0.4, -0.2) is 19.8 Å². The second-order valence-electron chi connectivity index (χ2n) is 4.87. The van der Waals surface area contributed by atoms with Crippen molar-refractivity contribution in [2.24, 2.45) is 0 Å². The molecule has 0 aliphatic carbocycles. The molecular formula is C15H24FNO. The third-order valence-corrected chi connectivity index (χ3v) is 3.25. The van der Waals surface area contributed by atoms with Gasteiger partial charge in [0.1, 0.15) is 5.82 Å². The normalized spacial score (nSPS) is 14.6. The standard InChI is InChI=1S/C15H24FNO/c1-6-17-14(9-12(4)18-5)15-11(3)7-10(2)8-13(15)16/h7-8,12,14,17H,6,9H2,1-5H3. The van der Waals surface area contributed by atoms with E-state index in [4.69, 9.17) is 4.74 Å². The number of methoxy groups -OCH3 is 1. The van der Waals surface area contributed by atoms with Crippen LogP contribution in [0.1, 0.15) is 43.0 Å². The summed E-state index contributed by atoms with van der Waals surface area (Å²) in [6, 6.07) is 3.63. The Bertz CT molecular complexity index is 369. The first kappa shape index (κ1) is 15.1. The Morgan fingerprint density at radius 3 is 2.50 bits per heavy atom. The van der Waals surface area contributed by atoms with E-state index < -0.39 is 0 Å². The summed E-state index contributed by atoms with van der Waals surface area (Å²) in [5.41, 5.74) is 2.73. The Kier molecular flexibility index (Phi) is 5.76. The minimum atomic E-state index is -0.123. The van der Waals surface area contributed by atoms with Crippen molar-refractivity contribution in [3.05, 3.63) is 34.6 Å². The van der Waals surface area contributed by atoms with Crippen LogP contribution in [0.3, 0.4) is 0 Å². The van der Waals surface area contributed by atoms with E-state index in [1.165, 1.54) is 0 Å². The lowest BCUT2D eigenvalue weighted by Gasteiger charge is -2.24. The molecule has 1 aromatic rings. The molecule has 2 nitrogen and oxygen atoms in total. The number of aryl methyl sites for hydroxylation is 2. The zero-order valence-corrected chi connectivity index (χ0v) is 12.0. The fraction of sp³-hybridized carbons (Fsp3) is 0.600. The quantitative estimate of drug-likeness (QED) is 0.837. The number of hydrogen-bond donors (Lipinski definition) is 1. The van der Waals surface area contributed by atoms with E-state index in [-0.39, 0.29) is 18.0 Å². The lowest BCUT2D eigenvalue weighted by Crippen LogP contribution is -2.26. The Hall–Kier alpha value is -0.930. The average molecular weight is 253 g/mol. The Balaban J connectivity index is 3.05. The van der Waals surface area contributed by atoms with Crippen molar-refractivity contribution in [2.45, 2.75) is 46.3 Å². The van der Waals surface area contributed by atoms with Crippen molar-refractivity contribution in [3.8, 4) is 0 Å². The topological polar surface area (TPSA) is 21.3 Å². The molecular weight excluding hydrogens is 229 g/mol. The van der Waals surface area contributed by atoms with Crippen LogP contribution in [-0.2, 0) is 4.74 Å². The molecule has 0 amide bonds. The van der Waals surface area contributed by atoms with Gasteiger partial charge in [0.25, 0.3) is 0 Å². The first-order valence-corrected chi connectivity index (χ1v) is 6.52. The number of rotatable bonds is 6. The van der Waals surface area contributed by atoms with Crippen LogP contribution in [0.15, 0.2) is 12.1 Å². The van der Waals surface area contributed by atoms with Crippen LogP contribution in [0.4, 0.5) is 4.39 Å². The minimum absolute atomic E-state index is 0.00514. The van der Waals surface area contributed by atoms with E-state index in [2.05, 4.69) is 5.32 Å². The van der Waals surface area contributed by atoms with Gasteiger partial charge in [-0.2, -0.15) is 0 Å². The molecule has 0 aliphatic heterocycles. The lowest BCUT2D eigenvalue weighted by molar-refractivity contribution is 0.100. The molecule has 0 saturated heterocycles. The molecule has 3 heteroatoms. The van der Waals surface area contributed by atoms with E-state index in [9.17, 15) is 4.39 Å². The van der Waals surface area contributed by atoms with Gasteiger partial charge in [-0.05, 0) is 50.9 Å². The molecule has 0 bridgehead atoms. The summed E-state index contributed by atoms with van der Waals surface area (Å²) in [5, 5.41) is 3.35. The van der Waals surface area contributed by atoms with Gasteiger partial charge >= 0.3 is 0 Å². The van der Waals surface area contributed by atoms with E-state index in [0.717, 1.165) is 29.7 Å². The van der Waals surface area contributed by atoms with E-state index in [1.807, 2.05) is 33.8 Å². The molecule has 0 aliphatic rings. The van der Waals surface area contributed by atoms with Crippen LogP contribution in [0.25, 0.3) is 0 Å². The molecule has 102 valence electrons. The molecule has 0 spiro atoms. The molecule has 2 atom stereocenters.